The lowest BCUT2D eigenvalue weighted by Gasteiger charge is -2.13. The number of nitrogens with one attached hydrogen (secondary N) is 2. The molecular formula is C13H24N2O3. The third-order valence-corrected chi connectivity index (χ3v) is 3.28. The Bertz CT molecular complexity index is 292. The zero-order valence-electron chi connectivity index (χ0n) is 11.2. The highest BCUT2D eigenvalue weighted by Gasteiger charge is 2.30. The molecule has 1 fully saturated rings. The van der Waals surface area contributed by atoms with Gasteiger partial charge in [-0.05, 0) is 32.2 Å². The molecule has 0 heterocycles. The highest BCUT2D eigenvalue weighted by Crippen LogP contribution is 2.25. The summed E-state index contributed by atoms with van der Waals surface area (Å²) in [6, 6.07) is 0.496. The van der Waals surface area contributed by atoms with Gasteiger partial charge in [0.05, 0.1) is 5.92 Å². The van der Waals surface area contributed by atoms with Crippen molar-refractivity contribution in [3.05, 3.63) is 0 Å². The van der Waals surface area contributed by atoms with Gasteiger partial charge in [-0.2, -0.15) is 0 Å². The molecule has 1 aliphatic rings. The van der Waals surface area contributed by atoms with Gasteiger partial charge in [0.2, 0.25) is 5.91 Å². The van der Waals surface area contributed by atoms with Crippen LogP contribution in [0.25, 0.3) is 0 Å². The monoisotopic (exact) mass is 256 g/mol. The van der Waals surface area contributed by atoms with Crippen LogP contribution >= 0.6 is 0 Å². The number of hydrogen-bond donors (Lipinski definition) is 3. The Kier molecular flexibility index (Phi) is 6.12. The van der Waals surface area contributed by atoms with E-state index >= 15 is 0 Å². The minimum absolute atomic E-state index is 0.0385. The first-order chi connectivity index (χ1) is 8.49. The standard InChI is InChI=1S/C13H24N2O3/c1-9(2)14-7-3-4-12(16)15-11-6-5-10(8-11)13(17)18/h9-11,14H,3-8H2,1-2H3,(H,15,16)(H,17,18). The van der Waals surface area contributed by atoms with Crippen LogP contribution in [-0.4, -0.2) is 35.6 Å². The van der Waals surface area contributed by atoms with Crippen LogP contribution in [0.2, 0.25) is 0 Å². The number of amides is 1. The Morgan fingerprint density at radius 3 is 2.61 bits per heavy atom. The molecule has 104 valence electrons. The van der Waals surface area contributed by atoms with Crippen molar-refractivity contribution in [2.75, 3.05) is 6.54 Å². The SMILES string of the molecule is CC(C)NCCCC(=O)NC1CCC(C(=O)O)C1. The van der Waals surface area contributed by atoms with E-state index in [1.54, 1.807) is 0 Å². The molecule has 2 atom stereocenters. The van der Waals surface area contributed by atoms with Crippen molar-refractivity contribution >= 4 is 11.9 Å². The number of carboxylic acid groups (broad SMARTS) is 1. The minimum atomic E-state index is -0.743. The van der Waals surface area contributed by atoms with Gasteiger partial charge in [0.15, 0.2) is 0 Å². The van der Waals surface area contributed by atoms with E-state index in [1.807, 2.05) is 0 Å². The van der Waals surface area contributed by atoms with E-state index in [2.05, 4.69) is 24.5 Å². The summed E-state index contributed by atoms with van der Waals surface area (Å²) in [4.78, 5) is 22.4. The second-order valence-corrected chi connectivity index (χ2v) is 5.33. The van der Waals surface area contributed by atoms with Gasteiger partial charge < -0.3 is 15.7 Å². The van der Waals surface area contributed by atoms with Crippen LogP contribution in [0.5, 0.6) is 0 Å². The molecule has 0 aromatic heterocycles. The summed E-state index contributed by atoms with van der Waals surface area (Å²) in [5, 5.41) is 15.1. The van der Waals surface area contributed by atoms with E-state index in [-0.39, 0.29) is 17.9 Å². The Labute approximate surface area is 108 Å². The lowest BCUT2D eigenvalue weighted by molar-refractivity contribution is -0.141. The fourth-order valence-electron chi connectivity index (χ4n) is 2.28. The first-order valence-electron chi connectivity index (χ1n) is 6.74. The summed E-state index contributed by atoms with van der Waals surface area (Å²) in [5.41, 5.74) is 0. The first kappa shape index (κ1) is 15.0. The quantitative estimate of drug-likeness (QED) is 0.597. The Balaban J connectivity index is 2.12. The molecule has 0 spiro atoms. The molecule has 0 bridgehead atoms. The van der Waals surface area contributed by atoms with E-state index < -0.39 is 5.97 Å². The van der Waals surface area contributed by atoms with Crippen LogP contribution < -0.4 is 10.6 Å². The van der Waals surface area contributed by atoms with Crippen molar-refractivity contribution in [2.45, 2.75) is 58.0 Å². The fraction of sp³-hybridized carbons (Fsp3) is 0.846. The number of aliphatic carboxylic acids is 1. The third-order valence-electron chi connectivity index (χ3n) is 3.28. The Hall–Kier alpha value is -1.10. The second-order valence-electron chi connectivity index (χ2n) is 5.33. The lowest BCUT2D eigenvalue weighted by Crippen LogP contribution is -2.34. The van der Waals surface area contributed by atoms with Crippen LogP contribution in [0.3, 0.4) is 0 Å². The number of carbonyl (C=O) groups is 2. The average molecular weight is 256 g/mol. The van der Waals surface area contributed by atoms with Crippen molar-refractivity contribution < 1.29 is 14.7 Å². The molecule has 2 unspecified atom stereocenters. The summed E-state index contributed by atoms with van der Waals surface area (Å²) in [5.74, 6) is -0.984. The van der Waals surface area contributed by atoms with Gasteiger partial charge >= 0.3 is 5.97 Å². The van der Waals surface area contributed by atoms with Gasteiger partial charge in [-0.25, -0.2) is 0 Å². The number of rotatable bonds is 7. The van der Waals surface area contributed by atoms with E-state index in [4.69, 9.17) is 5.11 Å². The van der Waals surface area contributed by atoms with Crippen molar-refractivity contribution in [1.29, 1.82) is 0 Å². The van der Waals surface area contributed by atoms with E-state index in [9.17, 15) is 9.59 Å². The second kappa shape index (κ2) is 7.36. The van der Waals surface area contributed by atoms with Crippen LogP contribution in [0.15, 0.2) is 0 Å². The molecule has 1 amide bonds. The van der Waals surface area contributed by atoms with Crippen LogP contribution in [0.4, 0.5) is 0 Å². The maximum Gasteiger partial charge on any atom is 0.306 e. The molecule has 1 rings (SSSR count). The van der Waals surface area contributed by atoms with Gasteiger partial charge in [0.25, 0.3) is 0 Å². The van der Waals surface area contributed by atoms with Gasteiger partial charge in [-0.1, -0.05) is 13.8 Å². The van der Waals surface area contributed by atoms with Crippen molar-refractivity contribution in [3.8, 4) is 0 Å². The normalized spacial score (nSPS) is 23.3. The van der Waals surface area contributed by atoms with Crippen molar-refractivity contribution in [1.82, 2.24) is 10.6 Å². The minimum Gasteiger partial charge on any atom is -0.481 e. The van der Waals surface area contributed by atoms with Crippen molar-refractivity contribution in [2.24, 2.45) is 5.92 Å². The highest BCUT2D eigenvalue weighted by atomic mass is 16.4. The molecule has 5 heteroatoms. The average Bonchev–Trinajstić information content (AvgIpc) is 2.72. The molecule has 0 radical (unpaired) electrons. The lowest BCUT2D eigenvalue weighted by atomic mass is 10.1. The molecule has 5 nitrogen and oxygen atoms in total. The van der Waals surface area contributed by atoms with E-state index in [0.29, 0.717) is 25.3 Å². The zero-order valence-corrected chi connectivity index (χ0v) is 11.2. The number of carbonyl (C=O) groups excluding carboxylic acids is 1. The van der Waals surface area contributed by atoms with Crippen LogP contribution in [-0.2, 0) is 9.59 Å². The zero-order chi connectivity index (χ0) is 13.5. The molecule has 1 saturated carbocycles. The van der Waals surface area contributed by atoms with Gasteiger partial charge in [0.1, 0.15) is 0 Å². The van der Waals surface area contributed by atoms with Gasteiger partial charge in [-0.3, -0.25) is 9.59 Å². The van der Waals surface area contributed by atoms with E-state index in [0.717, 1.165) is 19.4 Å². The highest BCUT2D eigenvalue weighted by molar-refractivity contribution is 5.76. The van der Waals surface area contributed by atoms with E-state index in [1.165, 1.54) is 0 Å². The van der Waals surface area contributed by atoms with Crippen LogP contribution in [0, 0.1) is 5.92 Å². The predicted octanol–water partition coefficient (Wildman–Crippen LogP) is 1.13. The molecule has 18 heavy (non-hydrogen) atoms. The number of carboxylic acids is 1. The first-order valence-corrected chi connectivity index (χ1v) is 6.74. The molecule has 0 aromatic rings. The Morgan fingerprint density at radius 1 is 1.33 bits per heavy atom. The summed E-state index contributed by atoms with van der Waals surface area (Å²) >= 11 is 0. The molecular weight excluding hydrogens is 232 g/mol. The third kappa shape index (κ3) is 5.49. The Morgan fingerprint density at radius 2 is 2.06 bits per heavy atom. The largest absolute Gasteiger partial charge is 0.481 e. The molecule has 1 aliphatic carbocycles. The smallest absolute Gasteiger partial charge is 0.306 e. The van der Waals surface area contributed by atoms with Gasteiger partial charge in [-0.15, -0.1) is 0 Å². The summed E-state index contributed by atoms with van der Waals surface area (Å²) < 4.78 is 0. The fourth-order valence-corrected chi connectivity index (χ4v) is 2.28. The topological polar surface area (TPSA) is 78.4 Å². The van der Waals surface area contributed by atoms with Crippen LogP contribution in [0.1, 0.15) is 46.0 Å². The predicted molar refractivity (Wildman–Crippen MR) is 69.3 cm³/mol. The van der Waals surface area contributed by atoms with Crippen molar-refractivity contribution in [3.63, 3.8) is 0 Å². The molecule has 0 saturated heterocycles. The maximum atomic E-state index is 11.6. The van der Waals surface area contributed by atoms with Gasteiger partial charge in [0, 0.05) is 18.5 Å². The summed E-state index contributed by atoms with van der Waals surface area (Å²) in [6.07, 6.45) is 3.36. The molecule has 0 aliphatic heterocycles. The maximum absolute atomic E-state index is 11.6. The number of hydrogen-bond acceptors (Lipinski definition) is 3. The summed E-state index contributed by atoms with van der Waals surface area (Å²) in [7, 11) is 0. The molecule has 3 N–H and O–H groups in total. The summed E-state index contributed by atoms with van der Waals surface area (Å²) in [6.45, 7) is 4.99. The molecule has 0 aromatic carbocycles.